The summed E-state index contributed by atoms with van der Waals surface area (Å²) >= 11 is 0. The Labute approximate surface area is 107 Å². The van der Waals surface area contributed by atoms with Gasteiger partial charge in [0.25, 0.3) is 0 Å². The van der Waals surface area contributed by atoms with E-state index in [9.17, 15) is 0 Å². The maximum Gasteiger partial charge on any atom is 0.132 e. The van der Waals surface area contributed by atoms with E-state index in [1.807, 2.05) is 51.4 Å². The summed E-state index contributed by atoms with van der Waals surface area (Å²) in [5, 5.41) is 4.28. The normalized spacial score (nSPS) is 12.4. The molecule has 0 saturated carbocycles. The van der Waals surface area contributed by atoms with Crippen molar-refractivity contribution in [2.24, 2.45) is 12.8 Å². The molecule has 0 saturated heterocycles. The molecule has 1 aromatic heterocycles. The van der Waals surface area contributed by atoms with E-state index < -0.39 is 0 Å². The van der Waals surface area contributed by atoms with Crippen LogP contribution in [0.4, 0.5) is 0 Å². The molecular weight excluding hydrogens is 226 g/mol. The lowest BCUT2D eigenvalue weighted by Gasteiger charge is -2.14. The van der Waals surface area contributed by atoms with Gasteiger partial charge in [-0.2, -0.15) is 5.10 Å². The minimum atomic E-state index is -0.0377. The summed E-state index contributed by atoms with van der Waals surface area (Å²) in [6, 6.07) is 7.99. The second kappa shape index (κ2) is 5.23. The molecule has 0 unspecified atom stereocenters. The van der Waals surface area contributed by atoms with Crippen molar-refractivity contribution in [3.8, 4) is 5.75 Å². The molecule has 2 rings (SSSR count). The van der Waals surface area contributed by atoms with Gasteiger partial charge in [-0.3, -0.25) is 4.68 Å². The largest absolute Gasteiger partial charge is 0.487 e. The van der Waals surface area contributed by atoms with E-state index in [0.717, 1.165) is 22.6 Å². The van der Waals surface area contributed by atoms with Crippen LogP contribution in [-0.2, 0) is 13.7 Å². The summed E-state index contributed by atoms with van der Waals surface area (Å²) in [5.41, 5.74) is 9.04. The zero-order valence-corrected chi connectivity index (χ0v) is 11.1. The standard InChI is InChI=1S/C14H19N3O/c1-10-4-5-13(11(2)15)14(8-10)18-9-12-6-7-17(3)16-12/h4-8,11H,9,15H2,1-3H3/t11-/m0/s1. The first-order valence-corrected chi connectivity index (χ1v) is 6.03. The molecule has 4 heteroatoms. The summed E-state index contributed by atoms with van der Waals surface area (Å²) in [6.07, 6.45) is 1.90. The van der Waals surface area contributed by atoms with Crippen molar-refractivity contribution in [1.29, 1.82) is 0 Å². The molecule has 1 atom stereocenters. The second-order valence-corrected chi connectivity index (χ2v) is 4.60. The molecule has 0 aliphatic rings. The van der Waals surface area contributed by atoms with Crippen LogP contribution in [0.1, 0.15) is 29.8 Å². The van der Waals surface area contributed by atoms with Crippen LogP contribution in [-0.4, -0.2) is 9.78 Å². The van der Waals surface area contributed by atoms with Gasteiger partial charge >= 0.3 is 0 Å². The highest BCUT2D eigenvalue weighted by Gasteiger charge is 2.09. The fourth-order valence-electron chi connectivity index (χ4n) is 1.83. The molecule has 2 N–H and O–H groups in total. The SMILES string of the molecule is Cc1ccc([C@H](C)N)c(OCc2ccn(C)n2)c1. The van der Waals surface area contributed by atoms with Crippen molar-refractivity contribution in [2.45, 2.75) is 26.5 Å². The zero-order valence-electron chi connectivity index (χ0n) is 11.1. The van der Waals surface area contributed by atoms with Crippen molar-refractivity contribution in [3.05, 3.63) is 47.3 Å². The van der Waals surface area contributed by atoms with Gasteiger partial charge in [0.15, 0.2) is 0 Å². The molecule has 1 aromatic carbocycles. The maximum atomic E-state index is 5.94. The van der Waals surface area contributed by atoms with Crippen LogP contribution in [0.3, 0.4) is 0 Å². The highest BCUT2D eigenvalue weighted by Crippen LogP contribution is 2.25. The Kier molecular flexibility index (Phi) is 3.67. The van der Waals surface area contributed by atoms with Crippen molar-refractivity contribution in [1.82, 2.24) is 9.78 Å². The Hall–Kier alpha value is -1.81. The third kappa shape index (κ3) is 2.90. The molecule has 18 heavy (non-hydrogen) atoms. The number of hydrogen-bond acceptors (Lipinski definition) is 3. The lowest BCUT2D eigenvalue weighted by Crippen LogP contribution is -2.08. The highest BCUT2D eigenvalue weighted by atomic mass is 16.5. The van der Waals surface area contributed by atoms with Crippen LogP contribution < -0.4 is 10.5 Å². The van der Waals surface area contributed by atoms with E-state index >= 15 is 0 Å². The van der Waals surface area contributed by atoms with Crippen molar-refractivity contribution in [2.75, 3.05) is 0 Å². The number of aromatic nitrogens is 2. The van der Waals surface area contributed by atoms with E-state index in [1.165, 1.54) is 0 Å². The number of rotatable bonds is 4. The fourth-order valence-corrected chi connectivity index (χ4v) is 1.83. The van der Waals surface area contributed by atoms with E-state index in [2.05, 4.69) is 5.10 Å². The molecule has 0 bridgehead atoms. The number of aryl methyl sites for hydroxylation is 2. The highest BCUT2D eigenvalue weighted by molar-refractivity contribution is 5.39. The van der Waals surface area contributed by atoms with Gasteiger partial charge in [0.2, 0.25) is 0 Å². The topological polar surface area (TPSA) is 53.1 Å². The molecular formula is C14H19N3O. The first-order valence-electron chi connectivity index (χ1n) is 6.03. The van der Waals surface area contributed by atoms with Gasteiger partial charge in [-0.05, 0) is 31.5 Å². The summed E-state index contributed by atoms with van der Waals surface area (Å²) in [7, 11) is 1.89. The predicted octanol–water partition coefficient (Wildman–Crippen LogP) is 2.33. The Morgan fingerprint density at radius 3 is 2.78 bits per heavy atom. The van der Waals surface area contributed by atoms with Crippen molar-refractivity contribution >= 4 is 0 Å². The summed E-state index contributed by atoms with van der Waals surface area (Å²) in [5.74, 6) is 0.843. The second-order valence-electron chi connectivity index (χ2n) is 4.60. The van der Waals surface area contributed by atoms with Crippen LogP contribution in [0, 0.1) is 6.92 Å². The van der Waals surface area contributed by atoms with Crippen molar-refractivity contribution < 1.29 is 4.74 Å². The molecule has 0 aliphatic carbocycles. The van der Waals surface area contributed by atoms with Gasteiger partial charge < -0.3 is 10.5 Å². The number of hydrogen-bond donors (Lipinski definition) is 1. The van der Waals surface area contributed by atoms with Gasteiger partial charge in [-0.1, -0.05) is 12.1 Å². The molecule has 0 fully saturated rings. The Morgan fingerprint density at radius 1 is 1.39 bits per heavy atom. The summed E-state index contributed by atoms with van der Waals surface area (Å²) in [4.78, 5) is 0. The smallest absolute Gasteiger partial charge is 0.132 e. The predicted molar refractivity (Wildman–Crippen MR) is 71.3 cm³/mol. The fraction of sp³-hybridized carbons (Fsp3) is 0.357. The van der Waals surface area contributed by atoms with E-state index in [0.29, 0.717) is 6.61 Å². The Morgan fingerprint density at radius 2 is 2.17 bits per heavy atom. The molecule has 4 nitrogen and oxygen atoms in total. The molecule has 0 radical (unpaired) electrons. The number of benzene rings is 1. The molecule has 0 spiro atoms. The first-order chi connectivity index (χ1) is 8.56. The quantitative estimate of drug-likeness (QED) is 0.899. The molecule has 2 aromatic rings. The minimum absolute atomic E-state index is 0.0377. The Balaban J connectivity index is 2.15. The molecule has 1 heterocycles. The molecule has 0 amide bonds. The van der Waals surface area contributed by atoms with Gasteiger partial charge in [0.05, 0.1) is 5.69 Å². The van der Waals surface area contributed by atoms with Crippen LogP contribution >= 0.6 is 0 Å². The number of nitrogens with two attached hydrogens (primary N) is 1. The number of ether oxygens (including phenoxy) is 1. The van der Waals surface area contributed by atoms with E-state index in [1.54, 1.807) is 4.68 Å². The third-order valence-corrected chi connectivity index (χ3v) is 2.80. The number of nitrogens with zero attached hydrogens (tertiary/aromatic N) is 2. The van der Waals surface area contributed by atoms with Crippen LogP contribution in [0.5, 0.6) is 5.75 Å². The average molecular weight is 245 g/mol. The van der Waals surface area contributed by atoms with Crippen LogP contribution in [0.2, 0.25) is 0 Å². The first kappa shape index (κ1) is 12.6. The van der Waals surface area contributed by atoms with E-state index in [-0.39, 0.29) is 6.04 Å². The average Bonchev–Trinajstić information content (AvgIpc) is 2.72. The lowest BCUT2D eigenvalue weighted by molar-refractivity contribution is 0.295. The van der Waals surface area contributed by atoms with Crippen LogP contribution in [0.15, 0.2) is 30.5 Å². The molecule has 0 aliphatic heterocycles. The van der Waals surface area contributed by atoms with E-state index in [4.69, 9.17) is 10.5 Å². The third-order valence-electron chi connectivity index (χ3n) is 2.80. The van der Waals surface area contributed by atoms with Gasteiger partial charge in [0, 0.05) is 24.8 Å². The maximum absolute atomic E-state index is 5.94. The lowest BCUT2D eigenvalue weighted by atomic mass is 10.1. The van der Waals surface area contributed by atoms with Gasteiger partial charge in [-0.15, -0.1) is 0 Å². The Bertz CT molecular complexity index is 532. The summed E-state index contributed by atoms with van der Waals surface area (Å²) in [6.45, 7) is 4.46. The van der Waals surface area contributed by atoms with Gasteiger partial charge in [-0.25, -0.2) is 0 Å². The van der Waals surface area contributed by atoms with Gasteiger partial charge in [0.1, 0.15) is 12.4 Å². The zero-order chi connectivity index (χ0) is 13.1. The molecule has 96 valence electrons. The minimum Gasteiger partial charge on any atom is -0.487 e. The van der Waals surface area contributed by atoms with Crippen molar-refractivity contribution in [3.63, 3.8) is 0 Å². The monoisotopic (exact) mass is 245 g/mol. The summed E-state index contributed by atoms with van der Waals surface area (Å²) < 4.78 is 7.59. The van der Waals surface area contributed by atoms with Crippen LogP contribution in [0.25, 0.3) is 0 Å².